The van der Waals surface area contributed by atoms with Gasteiger partial charge in [-0.05, 0) is 49.6 Å². The first kappa shape index (κ1) is 17.9. The van der Waals surface area contributed by atoms with Crippen molar-refractivity contribution in [3.63, 3.8) is 0 Å². The molecule has 0 radical (unpaired) electrons. The average Bonchev–Trinajstić information content (AvgIpc) is 3.36. The minimum atomic E-state index is 0.0202. The predicted octanol–water partition coefficient (Wildman–Crippen LogP) is 4.54. The molecule has 7 nitrogen and oxygen atoms in total. The summed E-state index contributed by atoms with van der Waals surface area (Å²) in [6.07, 6.45) is 4.29. The van der Waals surface area contributed by atoms with Crippen molar-refractivity contribution in [3.8, 4) is 17.1 Å². The second-order valence-corrected chi connectivity index (χ2v) is 7.58. The van der Waals surface area contributed by atoms with Crippen LogP contribution in [0.5, 0.6) is 0 Å². The lowest BCUT2D eigenvalue weighted by Gasteiger charge is -2.41. The molecule has 1 saturated heterocycles. The number of nitrogens with zero attached hydrogens (tertiary/aromatic N) is 6. The topological polar surface area (TPSA) is 72.9 Å². The highest BCUT2D eigenvalue weighted by Crippen LogP contribution is 2.40. The molecule has 0 unspecified atom stereocenters. The lowest BCUT2D eigenvalue weighted by atomic mass is 10.00. The van der Waals surface area contributed by atoms with Gasteiger partial charge in [-0.1, -0.05) is 35.0 Å². The maximum Gasteiger partial charge on any atom is 0.249 e. The largest absolute Gasteiger partial charge is 0.358 e. The summed E-state index contributed by atoms with van der Waals surface area (Å²) >= 11 is 6.25. The molecule has 0 saturated carbocycles. The molecule has 1 aliphatic rings. The summed E-state index contributed by atoms with van der Waals surface area (Å²) in [5.41, 5.74) is 4.97. The van der Waals surface area contributed by atoms with E-state index in [1.807, 2.05) is 31.2 Å². The van der Waals surface area contributed by atoms with Crippen molar-refractivity contribution in [2.45, 2.75) is 26.3 Å². The third-order valence-electron chi connectivity index (χ3n) is 5.33. The fraction of sp³-hybridized carbons (Fsp3) is 0.238. The van der Waals surface area contributed by atoms with E-state index in [0.717, 1.165) is 35.5 Å². The van der Waals surface area contributed by atoms with Crippen LogP contribution in [0.4, 0.5) is 5.69 Å². The van der Waals surface area contributed by atoms with Crippen molar-refractivity contribution in [2.24, 2.45) is 0 Å². The van der Waals surface area contributed by atoms with Gasteiger partial charge in [0.25, 0.3) is 0 Å². The first-order valence-corrected chi connectivity index (χ1v) is 9.82. The highest BCUT2D eigenvalue weighted by atomic mass is 35.5. The number of aryl methyl sites for hydroxylation is 1. The van der Waals surface area contributed by atoms with Crippen molar-refractivity contribution < 1.29 is 4.52 Å². The Balaban J connectivity index is 1.49. The average molecular weight is 407 g/mol. The number of benzene rings is 2. The van der Waals surface area contributed by atoms with Gasteiger partial charge in [-0.15, -0.1) is 4.80 Å². The number of halogens is 1. The monoisotopic (exact) mass is 406 g/mol. The molecule has 4 aromatic rings. The summed E-state index contributed by atoms with van der Waals surface area (Å²) in [5, 5.41) is 13.5. The van der Waals surface area contributed by atoms with Crippen LogP contribution in [0.1, 0.15) is 29.5 Å². The van der Waals surface area contributed by atoms with Crippen LogP contribution in [0, 0.1) is 13.8 Å². The minimum Gasteiger partial charge on any atom is -0.358 e. The molecular weight excluding hydrogens is 388 g/mol. The lowest BCUT2D eigenvalue weighted by molar-refractivity contribution is 0.309. The Kier molecular flexibility index (Phi) is 4.32. The zero-order valence-electron chi connectivity index (χ0n) is 16.1. The highest BCUT2D eigenvalue weighted by molar-refractivity contribution is 6.31. The molecule has 0 amide bonds. The van der Waals surface area contributed by atoms with E-state index in [9.17, 15) is 0 Å². The Bertz CT molecular complexity index is 1170. The van der Waals surface area contributed by atoms with Crippen LogP contribution in [0.25, 0.3) is 17.1 Å². The zero-order valence-corrected chi connectivity index (χ0v) is 16.8. The standard InChI is InChI=1S/C21H19ClN6O/c1-13-6-7-17(28-23-9-10-24-28)19(12-13)27-11-8-18(27)21-25-20(26-29-21)15-4-3-5-16(22)14(15)2/h3-7,9-10,12,18H,8,11H2,1-2H3/t18-/m0/s1. The number of rotatable bonds is 4. The molecule has 1 atom stereocenters. The molecule has 0 aliphatic carbocycles. The van der Waals surface area contributed by atoms with Crippen LogP contribution in [0.3, 0.4) is 0 Å². The van der Waals surface area contributed by atoms with E-state index in [0.29, 0.717) is 16.7 Å². The summed E-state index contributed by atoms with van der Waals surface area (Å²) in [6, 6.07) is 12.0. The third kappa shape index (κ3) is 3.07. The van der Waals surface area contributed by atoms with E-state index in [2.05, 4.69) is 44.3 Å². The van der Waals surface area contributed by atoms with E-state index >= 15 is 0 Å². The fourth-order valence-electron chi connectivity index (χ4n) is 3.63. The molecule has 5 rings (SSSR count). The zero-order chi connectivity index (χ0) is 20.0. The molecule has 2 aromatic heterocycles. The van der Waals surface area contributed by atoms with Gasteiger partial charge in [0.1, 0.15) is 11.7 Å². The number of hydrogen-bond acceptors (Lipinski definition) is 6. The second-order valence-electron chi connectivity index (χ2n) is 7.18. The van der Waals surface area contributed by atoms with Gasteiger partial charge in [0.2, 0.25) is 11.7 Å². The van der Waals surface area contributed by atoms with E-state index in [1.54, 1.807) is 17.2 Å². The first-order chi connectivity index (χ1) is 14.1. The fourth-order valence-corrected chi connectivity index (χ4v) is 3.81. The van der Waals surface area contributed by atoms with Crippen LogP contribution >= 0.6 is 11.6 Å². The van der Waals surface area contributed by atoms with Crippen molar-refractivity contribution in [2.75, 3.05) is 11.4 Å². The van der Waals surface area contributed by atoms with Crippen LogP contribution < -0.4 is 4.90 Å². The maximum atomic E-state index is 6.25. The molecule has 8 heteroatoms. The van der Waals surface area contributed by atoms with Gasteiger partial charge in [-0.2, -0.15) is 15.2 Å². The quantitative estimate of drug-likeness (QED) is 0.495. The number of anilines is 1. The van der Waals surface area contributed by atoms with E-state index < -0.39 is 0 Å². The van der Waals surface area contributed by atoms with Gasteiger partial charge in [0.15, 0.2) is 0 Å². The summed E-state index contributed by atoms with van der Waals surface area (Å²) in [7, 11) is 0. The summed E-state index contributed by atoms with van der Waals surface area (Å²) < 4.78 is 5.65. The summed E-state index contributed by atoms with van der Waals surface area (Å²) in [6.45, 7) is 4.93. The van der Waals surface area contributed by atoms with Crippen molar-refractivity contribution in [1.29, 1.82) is 0 Å². The van der Waals surface area contributed by atoms with Gasteiger partial charge in [-0.3, -0.25) is 0 Å². The highest BCUT2D eigenvalue weighted by Gasteiger charge is 2.36. The Morgan fingerprint density at radius 1 is 1.07 bits per heavy atom. The molecule has 146 valence electrons. The molecule has 29 heavy (non-hydrogen) atoms. The van der Waals surface area contributed by atoms with Crippen LogP contribution in [-0.4, -0.2) is 31.7 Å². The third-order valence-corrected chi connectivity index (χ3v) is 5.74. The van der Waals surface area contributed by atoms with E-state index in [1.165, 1.54) is 5.56 Å². The SMILES string of the molecule is Cc1ccc(-n2nccn2)c(N2CC[C@H]2c2nc(-c3cccc(Cl)c3C)no2)c1. The van der Waals surface area contributed by atoms with Crippen LogP contribution in [0.2, 0.25) is 5.02 Å². The first-order valence-electron chi connectivity index (χ1n) is 9.45. The smallest absolute Gasteiger partial charge is 0.249 e. The molecule has 1 aliphatic heterocycles. The number of hydrogen-bond donors (Lipinski definition) is 0. The van der Waals surface area contributed by atoms with E-state index in [-0.39, 0.29) is 6.04 Å². The maximum absolute atomic E-state index is 6.25. The molecule has 0 N–H and O–H groups in total. The Hall–Kier alpha value is -3.19. The molecule has 0 spiro atoms. The summed E-state index contributed by atoms with van der Waals surface area (Å²) in [4.78, 5) is 8.57. The van der Waals surface area contributed by atoms with Gasteiger partial charge < -0.3 is 9.42 Å². The van der Waals surface area contributed by atoms with Crippen molar-refractivity contribution in [3.05, 3.63) is 70.8 Å². The molecular formula is C21H19ClN6O. The van der Waals surface area contributed by atoms with Crippen molar-refractivity contribution in [1.82, 2.24) is 25.1 Å². The Morgan fingerprint density at radius 3 is 2.66 bits per heavy atom. The normalized spacial score (nSPS) is 16.1. The molecule has 0 bridgehead atoms. The Morgan fingerprint density at radius 2 is 1.90 bits per heavy atom. The van der Waals surface area contributed by atoms with Gasteiger partial charge in [-0.25, -0.2) is 0 Å². The molecule has 2 aromatic carbocycles. The van der Waals surface area contributed by atoms with Gasteiger partial charge in [0.05, 0.1) is 18.1 Å². The molecule has 3 heterocycles. The summed E-state index contributed by atoms with van der Waals surface area (Å²) in [5.74, 6) is 1.16. The van der Waals surface area contributed by atoms with Crippen molar-refractivity contribution >= 4 is 17.3 Å². The van der Waals surface area contributed by atoms with Crippen LogP contribution in [0.15, 0.2) is 53.3 Å². The minimum absolute atomic E-state index is 0.0202. The number of aromatic nitrogens is 5. The lowest BCUT2D eigenvalue weighted by Crippen LogP contribution is -2.41. The second kappa shape index (κ2) is 7.00. The van der Waals surface area contributed by atoms with Gasteiger partial charge in [0, 0.05) is 17.1 Å². The predicted molar refractivity (Wildman–Crippen MR) is 110 cm³/mol. The van der Waals surface area contributed by atoms with Gasteiger partial charge >= 0.3 is 0 Å². The van der Waals surface area contributed by atoms with Crippen LogP contribution in [-0.2, 0) is 0 Å². The Labute approximate surface area is 172 Å². The molecule has 1 fully saturated rings. The van der Waals surface area contributed by atoms with E-state index in [4.69, 9.17) is 16.1 Å².